The molecule has 19 heavy (non-hydrogen) atoms. The minimum Gasteiger partial charge on any atom is -0.793 e. The van der Waals surface area contributed by atoms with E-state index in [-0.39, 0.29) is 81.0 Å². The summed E-state index contributed by atoms with van der Waals surface area (Å²) in [6.45, 7) is -0.532. The summed E-state index contributed by atoms with van der Waals surface area (Å²) in [6, 6.07) is 0. The molecule has 11 N–H and O–H groups in total. The normalized spacial score (nSPS) is 8.68. The molecule has 0 saturated heterocycles. The first kappa shape index (κ1) is 42.7. The minimum atomic E-state index is -5.09. The Kier molecular flexibility index (Phi) is 42.1. The third-order valence-corrected chi connectivity index (χ3v) is 1.44. The summed E-state index contributed by atoms with van der Waals surface area (Å²) in [5.41, 5.74) is 4.99. The number of nitrogens with zero attached hydrogens (tertiary/aromatic N) is 2. The molecule has 108 valence electrons. The van der Waals surface area contributed by atoms with Gasteiger partial charge in [0.1, 0.15) is 6.54 Å². The molecule has 0 radical (unpaired) electrons. The van der Waals surface area contributed by atoms with Crippen LogP contribution in [0.15, 0.2) is 4.76 Å². The first-order valence-corrected chi connectivity index (χ1v) is 4.52. The topological polar surface area (TPSA) is 268 Å². The van der Waals surface area contributed by atoms with Crippen molar-refractivity contribution in [2.24, 2.45) is 10.5 Å². The molecule has 0 amide bonds. The van der Waals surface area contributed by atoms with Crippen LogP contribution in [0.3, 0.4) is 0 Å². The summed E-state index contributed by atoms with van der Waals surface area (Å²) in [5, 5.41) is 8.25. The molecule has 0 saturated carbocycles. The van der Waals surface area contributed by atoms with Gasteiger partial charge in [0.15, 0.2) is 5.96 Å². The van der Waals surface area contributed by atoms with E-state index in [1.165, 1.54) is 7.05 Å². The third-order valence-electron chi connectivity index (χ3n) is 0.988. The number of aliphatic carboxylic acids is 1. The SMILES string of the molecule is CN(CC(=O)O)/C(N)=N\P(=O)([O-])[O-].O.O.O.O.[Na+].[Na+]. The van der Waals surface area contributed by atoms with Gasteiger partial charge >= 0.3 is 65.1 Å². The minimum absolute atomic E-state index is 0. The number of hydrogen-bond donors (Lipinski definition) is 2. The zero-order valence-electron chi connectivity index (χ0n) is 10.7. The molecule has 0 aliphatic carbocycles. The van der Waals surface area contributed by atoms with Gasteiger partial charge in [-0.15, -0.1) is 0 Å². The third kappa shape index (κ3) is 27.8. The van der Waals surface area contributed by atoms with Crippen molar-refractivity contribution < 1.29 is 105 Å². The number of carboxylic acid groups (broad SMARTS) is 1. The molecule has 0 aromatic rings. The number of rotatable bonds is 3. The second-order valence-electron chi connectivity index (χ2n) is 2.18. The van der Waals surface area contributed by atoms with E-state index in [4.69, 9.17) is 10.8 Å². The van der Waals surface area contributed by atoms with Gasteiger partial charge in [-0.05, 0) is 0 Å². The van der Waals surface area contributed by atoms with Crippen LogP contribution in [0.25, 0.3) is 0 Å². The maximum atomic E-state index is 10.1. The van der Waals surface area contributed by atoms with Crippen LogP contribution in [0.1, 0.15) is 0 Å². The smallest absolute Gasteiger partial charge is 0.793 e. The van der Waals surface area contributed by atoms with Gasteiger partial charge in [-0.1, -0.05) is 0 Å². The van der Waals surface area contributed by atoms with Crippen molar-refractivity contribution >= 4 is 19.7 Å². The van der Waals surface area contributed by atoms with Gasteiger partial charge < -0.3 is 52.0 Å². The first-order valence-electron chi connectivity index (χ1n) is 3.03. The summed E-state index contributed by atoms with van der Waals surface area (Å²) >= 11 is 0. The number of carboxylic acids is 1. The van der Waals surface area contributed by atoms with Gasteiger partial charge in [0, 0.05) is 7.05 Å². The van der Waals surface area contributed by atoms with E-state index < -0.39 is 26.2 Å². The second kappa shape index (κ2) is 18.7. The van der Waals surface area contributed by atoms with Gasteiger partial charge in [0.2, 0.25) is 0 Å². The Morgan fingerprint density at radius 3 is 1.79 bits per heavy atom. The summed E-state index contributed by atoms with van der Waals surface area (Å²) in [4.78, 5) is 31.1. The Hall–Kier alpha value is 0.730. The van der Waals surface area contributed by atoms with Crippen LogP contribution in [-0.4, -0.2) is 57.4 Å². The number of carbonyl (C=O) groups is 1. The van der Waals surface area contributed by atoms with E-state index in [1.807, 2.05) is 0 Å². The fraction of sp³-hybridized carbons (Fsp3) is 0.500. The van der Waals surface area contributed by atoms with Gasteiger partial charge in [-0.3, -0.25) is 4.79 Å². The molecule has 15 heteroatoms. The van der Waals surface area contributed by atoms with Crippen molar-refractivity contribution in [3.63, 3.8) is 0 Å². The van der Waals surface area contributed by atoms with Crippen LogP contribution in [0, 0.1) is 0 Å². The van der Waals surface area contributed by atoms with Crippen LogP contribution in [0.4, 0.5) is 0 Å². The number of likely N-dealkylation sites (N-methyl/N-ethyl adjacent to an activating group) is 1. The Bertz CT molecular complexity index is 285. The van der Waals surface area contributed by atoms with Crippen LogP contribution < -0.4 is 74.6 Å². The van der Waals surface area contributed by atoms with Crippen LogP contribution in [0.2, 0.25) is 0 Å². The predicted molar refractivity (Wildman–Crippen MR) is 53.9 cm³/mol. The standard InChI is InChI=1S/C4H10N3O5P.2Na.4H2O/c1-7(2-3(8)9)4(5)6-13(10,11)12;;;;;;/h2H2,1H3,(H,8,9)(H4,5,6,10,11,12);;;4*1H2/q;2*+1;;;;/p-2. The molecule has 0 spiro atoms. The summed E-state index contributed by atoms with van der Waals surface area (Å²) < 4.78 is 12.6. The monoisotopic (exact) mass is 327 g/mol. The van der Waals surface area contributed by atoms with Crippen LogP contribution >= 0.6 is 7.75 Å². The number of guanidine groups is 1. The van der Waals surface area contributed by atoms with Gasteiger partial charge in [0.05, 0.1) is 7.75 Å². The van der Waals surface area contributed by atoms with Crippen LogP contribution in [-0.2, 0) is 9.36 Å². The number of hydrogen-bond acceptors (Lipinski definition) is 4. The molecule has 12 nitrogen and oxygen atoms in total. The quantitative estimate of drug-likeness (QED) is 0.218. The van der Waals surface area contributed by atoms with Gasteiger partial charge in [0.25, 0.3) is 0 Å². The van der Waals surface area contributed by atoms with E-state index in [2.05, 4.69) is 4.76 Å². The zero-order valence-corrected chi connectivity index (χ0v) is 15.6. The fourth-order valence-corrected chi connectivity index (χ4v) is 0.889. The Labute approximate surface area is 153 Å². The first-order chi connectivity index (χ1) is 5.72. The van der Waals surface area contributed by atoms with Crippen molar-refractivity contribution in [1.82, 2.24) is 4.90 Å². The molecule has 0 atom stereocenters. The molecule has 0 aliphatic heterocycles. The predicted octanol–water partition coefficient (Wildman–Crippen LogP) is -12.1. The van der Waals surface area contributed by atoms with Gasteiger partial charge in [-0.2, -0.15) is 0 Å². The van der Waals surface area contributed by atoms with Crippen molar-refractivity contribution in [3.8, 4) is 0 Å². The molecular weight excluding hydrogens is 311 g/mol. The van der Waals surface area contributed by atoms with Crippen molar-refractivity contribution in [3.05, 3.63) is 0 Å². The summed E-state index contributed by atoms with van der Waals surface area (Å²) in [7, 11) is -3.89. The summed E-state index contributed by atoms with van der Waals surface area (Å²) in [5.74, 6) is -1.86. The molecule has 0 unspecified atom stereocenters. The van der Waals surface area contributed by atoms with Gasteiger partial charge in [-0.25, -0.2) is 4.76 Å². The molecule has 0 aliphatic rings. The molecule has 0 aromatic carbocycles. The second-order valence-corrected chi connectivity index (χ2v) is 3.31. The maximum Gasteiger partial charge on any atom is 1.00 e. The average molecular weight is 327 g/mol. The van der Waals surface area contributed by atoms with E-state index in [1.54, 1.807) is 0 Å². The molecule has 0 rings (SSSR count). The number of nitrogens with two attached hydrogens (primary N) is 1. The van der Waals surface area contributed by atoms with Crippen molar-refractivity contribution in [1.29, 1.82) is 0 Å². The Balaban J connectivity index is -0.0000000480. The molecule has 0 heterocycles. The van der Waals surface area contributed by atoms with E-state index in [0.29, 0.717) is 0 Å². The maximum absolute atomic E-state index is 10.1. The van der Waals surface area contributed by atoms with Crippen molar-refractivity contribution in [2.45, 2.75) is 0 Å². The average Bonchev–Trinajstić information content (AvgIpc) is 1.81. The molecule has 0 bridgehead atoms. The van der Waals surface area contributed by atoms with Crippen molar-refractivity contribution in [2.75, 3.05) is 13.6 Å². The molecule has 0 fully saturated rings. The fourth-order valence-electron chi connectivity index (χ4n) is 0.486. The van der Waals surface area contributed by atoms with E-state index in [0.717, 1.165) is 4.90 Å². The Morgan fingerprint density at radius 1 is 1.26 bits per heavy atom. The Morgan fingerprint density at radius 2 is 1.58 bits per heavy atom. The zero-order chi connectivity index (χ0) is 10.6. The van der Waals surface area contributed by atoms with E-state index >= 15 is 0 Å². The summed E-state index contributed by atoms with van der Waals surface area (Å²) in [6.07, 6.45) is 0. The van der Waals surface area contributed by atoms with E-state index in [9.17, 15) is 19.1 Å². The van der Waals surface area contributed by atoms with Crippen LogP contribution in [0.5, 0.6) is 0 Å². The molecule has 0 aromatic heterocycles. The largest absolute Gasteiger partial charge is 1.00 e. The molecular formula is C4H16N3Na2O9P.